The summed E-state index contributed by atoms with van der Waals surface area (Å²) in [5.41, 5.74) is 0.0179. The van der Waals surface area contributed by atoms with Crippen molar-refractivity contribution in [2.24, 2.45) is 0 Å². The number of halogens is 5. The number of nitrogens with one attached hydrogen (secondary N) is 2. The Balaban J connectivity index is 1.82. The van der Waals surface area contributed by atoms with E-state index >= 15 is 0 Å². The van der Waals surface area contributed by atoms with E-state index in [4.69, 9.17) is 4.42 Å². The minimum Gasteiger partial charge on any atom is -0.435 e. The molecule has 0 aliphatic heterocycles. The largest absolute Gasteiger partial charge is 0.435 e. The maximum atomic E-state index is 14.6. The molecule has 3 aromatic rings. The number of alkyl halides is 4. The highest BCUT2D eigenvalue weighted by atomic mass is 32.2. The zero-order valence-corrected chi connectivity index (χ0v) is 17.4. The number of sulfonamides is 1. The zero-order chi connectivity index (χ0) is 24.2. The van der Waals surface area contributed by atoms with E-state index in [-0.39, 0.29) is 29.5 Å². The van der Waals surface area contributed by atoms with Crippen molar-refractivity contribution in [3.8, 4) is 17.2 Å². The number of nitrogens with zero attached hydrogens (tertiary/aromatic N) is 4. The topological polar surface area (TPSA) is 132 Å². The number of aromatic nitrogens is 4. The first-order valence-corrected chi connectivity index (χ1v) is 10.8. The molecule has 2 heterocycles. The van der Waals surface area contributed by atoms with Crippen LogP contribution in [0.4, 0.5) is 27.9 Å². The van der Waals surface area contributed by atoms with Gasteiger partial charge in [0.1, 0.15) is 11.6 Å². The summed E-state index contributed by atoms with van der Waals surface area (Å²) >= 11 is 0. The first-order valence-electron chi connectivity index (χ1n) is 8.91. The average Bonchev–Trinajstić information content (AvgIpc) is 3.21. The molecule has 33 heavy (non-hydrogen) atoms. The highest BCUT2D eigenvalue weighted by molar-refractivity contribution is 7.88. The van der Waals surface area contributed by atoms with Crippen LogP contribution in [-0.4, -0.2) is 48.0 Å². The van der Waals surface area contributed by atoms with Crippen LogP contribution in [0.5, 0.6) is 5.75 Å². The Labute approximate surface area is 183 Å². The molecule has 0 spiro atoms. The number of hydrogen-bond donors (Lipinski definition) is 2. The van der Waals surface area contributed by atoms with Gasteiger partial charge in [-0.3, -0.25) is 0 Å². The Morgan fingerprint density at radius 1 is 1.12 bits per heavy atom. The first kappa shape index (κ1) is 24.2. The van der Waals surface area contributed by atoms with Gasteiger partial charge in [-0.25, -0.2) is 27.5 Å². The van der Waals surface area contributed by atoms with Gasteiger partial charge in [0.05, 0.1) is 17.9 Å². The van der Waals surface area contributed by atoms with Gasteiger partial charge in [-0.15, -0.1) is 10.2 Å². The molecular formula is C17H15F5N6O4S. The van der Waals surface area contributed by atoms with E-state index < -0.39 is 46.6 Å². The predicted octanol–water partition coefficient (Wildman–Crippen LogP) is 2.91. The number of rotatable bonds is 10. The molecule has 1 aromatic carbocycles. The van der Waals surface area contributed by atoms with Crippen LogP contribution in [0.25, 0.3) is 11.5 Å². The molecule has 0 radical (unpaired) electrons. The smallest absolute Gasteiger partial charge is 0.387 e. The summed E-state index contributed by atoms with van der Waals surface area (Å²) in [6.07, 6.45) is 0.261. The normalized spacial score (nSPS) is 12.8. The van der Waals surface area contributed by atoms with Crippen molar-refractivity contribution in [3.05, 3.63) is 47.9 Å². The van der Waals surface area contributed by atoms with E-state index in [9.17, 15) is 30.4 Å². The van der Waals surface area contributed by atoms with E-state index in [0.29, 0.717) is 0 Å². The summed E-state index contributed by atoms with van der Waals surface area (Å²) in [4.78, 5) is 7.89. The molecule has 0 saturated carbocycles. The molecule has 0 bridgehead atoms. The number of ether oxygens (including phenoxy) is 1. The molecule has 0 fully saturated rings. The lowest BCUT2D eigenvalue weighted by atomic mass is 10.1. The zero-order valence-electron chi connectivity index (χ0n) is 16.5. The Kier molecular flexibility index (Phi) is 7.37. The Morgan fingerprint density at radius 3 is 2.36 bits per heavy atom. The molecular weight excluding hydrogens is 479 g/mol. The van der Waals surface area contributed by atoms with Gasteiger partial charge in [0.15, 0.2) is 0 Å². The third kappa shape index (κ3) is 6.79. The molecule has 1 atom stereocenters. The summed E-state index contributed by atoms with van der Waals surface area (Å²) in [6.45, 7) is -3.50. The second-order valence-corrected chi connectivity index (χ2v) is 8.25. The van der Waals surface area contributed by atoms with Gasteiger partial charge in [-0.2, -0.15) is 17.6 Å². The molecule has 0 amide bonds. The van der Waals surface area contributed by atoms with Crippen LogP contribution in [0.3, 0.4) is 0 Å². The lowest BCUT2D eigenvalue weighted by Gasteiger charge is -2.20. The predicted molar refractivity (Wildman–Crippen MR) is 103 cm³/mol. The van der Waals surface area contributed by atoms with E-state index in [1.165, 1.54) is 0 Å². The Morgan fingerprint density at radius 2 is 1.82 bits per heavy atom. The average molecular weight is 494 g/mol. The molecule has 10 nitrogen and oxygen atoms in total. The summed E-state index contributed by atoms with van der Waals surface area (Å²) in [5.74, 6) is -2.62. The van der Waals surface area contributed by atoms with Gasteiger partial charge < -0.3 is 14.5 Å². The number of benzene rings is 1. The fourth-order valence-electron chi connectivity index (χ4n) is 2.55. The van der Waals surface area contributed by atoms with Crippen LogP contribution < -0.4 is 14.8 Å². The van der Waals surface area contributed by atoms with Crippen LogP contribution in [0.15, 0.2) is 35.0 Å². The highest BCUT2D eigenvalue weighted by Gasteiger charge is 2.21. The third-order valence-corrected chi connectivity index (χ3v) is 4.64. The second kappa shape index (κ2) is 10.0. The quantitative estimate of drug-likeness (QED) is 0.408. The number of hydrogen-bond acceptors (Lipinski definition) is 9. The van der Waals surface area contributed by atoms with Gasteiger partial charge in [0.25, 0.3) is 11.8 Å². The molecule has 3 rings (SSSR count). The molecule has 0 aliphatic rings. The molecule has 0 aliphatic carbocycles. The summed E-state index contributed by atoms with van der Waals surface area (Å²) in [6, 6.07) is 1.87. The summed E-state index contributed by atoms with van der Waals surface area (Å²) in [7, 11) is -3.67. The molecule has 2 N–H and O–H groups in total. The van der Waals surface area contributed by atoms with Gasteiger partial charge in [0.2, 0.25) is 16.0 Å². The Bertz CT molecular complexity index is 1190. The van der Waals surface area contributed by atoms with Crippen molar-refractivity contribution < 1.29 is 39.5 Å². The highest BCUT2D eigenvalue weighted by Crippen LogP contribution is 2.26. The van der Waals surface area contributed by atoms with Gasteiger partial charge >= 0.3 is 13.0 Å². The van der Waals surface area contributed by atoms with E-state index in [1.54, 1.807) is 0 Å². The minimum atomic E-state index is -3.67. The lowest BCUT2D eigenvalue weighted by Crippen LogP contribution is -2.31. The van der Waals surface area contributed by atoms with E-state index in [2.05, 4.69) is 34.9 Å². The van der Waals surface area contributed by atoms with Crippen LogP contribution in [-0.2, 0) is 10.0 Å². The molecule has 16 heteroatoms. The van der Waals surface area contributed by atoms with Crippen molar-refractivity contribution in [1.29, 1.82) is 0 Å². The SMILES string of the molecule is CS(=O)(=O)NCC(Nc1ncc(-c2nnc(C(F)F)o2)cn1)c1ccc(OC(F)F)cc1F. The van der Waals surface area contributed by atoms with Gasteiger partial charge in [0, 0.05) is 30.6 Å². The van der Waals surface area contributed by atoms with Crippen molar-refractivity contribution in [2.45, 2.75) is 19.1 Å². The molecule has 0 saturated heterocycles. The maximum absolute atomic E-state index is 14.6. The van der Waals surface area contributed by atoms with Crippen LogP contribution >= 0.6 is 0 Å². The fraction of sp³-hybridized carbons (Fsp3) is 0.294. The molecule has 178 valence electrons. The second-order valence-electron chi connectivity index (χ2n) is 6.42. The number of anilines is 1. The lowest BCUT2D eigenvalue weighted by molar-refractivity contribution is -0.0500. The maximum Gasteiger partial charge on any atom is 0.387 e. The van der Waals surface area contributed by atoms with E-state index in [0.717, 1.165) is 36.8 Å². The summed E-state index contributed by atoms with van der Waals surface area (Å²) in [5, 5.41) is 9.34. The molecule has 1 unspecified atom stereocenters. The van der Waals surface area contributed by atoms with Crippen molar-refractivity contribution in [2.75, 3.05) is 18.1 Å². The third-order valence-electron chi connectivity index (χ3n) is 3.95. The standard InChI is InChI=1S/C17H15F5N6O4S/c1-33(29,30)25-7-12(10-3-2-9(4-11(10)18)31-16(21)22)26-17-23-5-8(6-24-17)14-27-28-15(32-14)13(19)20/h2-6,12-13,16,25H,7H2,1H3,(H,23,24,26). The van der Waals surface area contributed by atoms with E-state index in [1.807, 2.05) is 0 Å². The van der Waals surface area contributed by atoms with Crippen LogP contribution in [0.1, 0.15) is 23.9 Å². The monoisotopic (exact) mass is 494 g/mol. The van der Waals surface area contributed by atoms with Crippen molar-refractivity contribution in [1.82, 2.24) is 24.9 Å². The molecule has 2 aromatic heterocycles. The van der Waals surface area contributed by atoms with Crippen LogP contribution in [0, 0.1) is 5.82 Å². The van der Waals surface area contributed by atoms with Gasteiger partial charge in [-0.05, 0) is 6.07 Å². The van der Waals surface area contributed by atoms with Crippen LogP contribution in [0.2, 0.25) is 0 Å². The van der Waals surface area contributed by atoms with Crippen molar-refractivity contribution in [3.63, 3.8) is 0 Å². The first-order chi connectivity index (χ1) is 15.5. The van der Waals surface area contributed by atoms with Gasteiger partial charge in [-0.1, -0.05) is 6.07 Å². The Hall–Kier alpha value is -3.40. The fourth-order valence-corrected chi connectivity index (χ4v) is 3.02. The minimum absolute atomic E-state index is 0.0973. The summed E-state index contributed by atoms with van der Waals surface area (Å²) < 4.78 is 98.5. The van der Waals surface area contributed by atoms with Crippen molar-refractivity contribution >= 4 is 16.0 Å².